The van der Waals surface area contributed by atoms with Crippen LogP contribution in [0.5, 0.6) is 0 Å². The lowest BCUT2D eigenvalue weighted by molar-refractivity contribution is 0.112. The molecule has 2 aliphatic rings. The number of aromatic amines is 1. The van der Waals surface area contributed by atoms with Crippen LogP contribution in [-0.2, 0) is 11.3 Å². The number of aryl methyl sites for hydroxylation is 2. The molecule has 30 heavy (non-hydrogen) atoms. The molecule has 1 saturated heterocycles. The Balaban J connectivity index is 1.59. The van der Waals surface area contributed by atoms with E-state index in [1.165, 1.54) is 24.8 Å². The monoisotopic (exact) mass is 427 g/mol. The van der Waals surface area contributed by atoms with Crippen LogP contribution in [0.25, 0.3) is 10.9 Å². The highest BCUT2D eigenvalue weighted by molar-refractivity contribution is 7.80. The first kappa shape index (κ1) is 21.3. The second-order valence-electron chi connectivity index (χ2n) is 8.85. The first-order chi connectivity index (χ1) is 14.5. The summed E-state index contributed by atoms with van der Waals surface area (Å²) in [5.41, 5.74) is 3.97. The van der Waals surface area contributed by atoms with Gasteiger partial charge in [-0.15, -0.1) is 0 Å². The molecule has 4 rings (SSSR count). The smallest absolute Gasteiger partial charge is 0.253 e. The molecule has 1 aromatic heterocycles. The van der Waals surface area contributed by atoms with E-state index in [1.54, 1.807) is 0 Å². The summed E-state index contributed by atoms with van der Waals surface area (Å²) < 4.78 is 5.74. The lowest BCUT2D eigenvalue weighted by Gasteiger charge is -2.36. The molecule has 0 spiro atoms. The van der Waals surface area contributed by atoms with Gasteiger partial charge in [0.25, 0.3) is 5.56 Å². The number of nitrogens with zero attached hydrogens (tertiary/aromatic N) is 1. The Morgan fingerprint density at radius 3 is 2.67 bits per heavy atom. The first-order valence-corrected chi connectivity index (χ1v) is 11.7. The minimum Gasteiger partial charge on any atom is -0.376 e. The average Bonchev–Trinajstić information content (AvgIpc) is 3.28. The molecular formula is C24H33N3O2S. The number of H-pyrrole nitrogens is 1. The van der Waals surface area contributed by atoms with Gasteiger partial charge in [0.1, 0.15) is 0 Å². The zero-order valence-electron chi connectivity index (χ0n) is 18.1. The molecule has 1 aliphatic carbocycles. The molecule has 2 heterocycles. The van der Waals surface area contributed by atoms with E-state index < -0.39 is 0 Å². The van der Waals surface area contributed by atoms with Gasteiger partial charge in [-0.25, -0.2) is 0 Å². The van der Waals surface area contributed by atoms with Crippen molar-refractivity contribution < 1.29 is 4.74 Å². The molecule has 0 unspecified atom stereocenters. The lowest BCUT2D eigenvalue weighted by atomic mass is 9.94. The van der Waals surface area contributed by atoms with Crippen molar-refractivity contribution in [3.05, 3.63) is 45.2 Å². The summed E-state index contributed by atoms with van der Waals surface area (Å²) in [4.78, 5) is 18.3. The Labute approximate surface area is 184 Å². The van der Waals surface area contributed by atoms with Crippen molar-refractivity contribution in [3.63, 3.8) is 0 Å². The molecule has 162 valence electrons. The summed E-state index contributed by atoms with van der Waals surface area (Å²) in [5.74, 6) is 0. The molecule has 0 amide bonds. The van der Waals surface area contributed by atoms with Gasteiger partial charge in [0.2, 0.25) is 0 Å². The fourth-order valence-electron chi connectivity index (χ4n) is 4.79. The molecule has 5 nitrogen and oxygen atoms in total. The van der Waals surface area contributed by atoms with Crippen LogP contribution in [0.2, 0.25) is 0 Å². The van der Waals surface area contributed by atoms with E-state index in [2.05, 4.69) is 40.3 Å². The number of hydrogen-bond acceptors (Lipinski definition) is 3. The number of nitrogens with one attached hydrogen (secondary N) is 2. The number of benzene rings is 1. The van der Waals surface area contributed by atoms with E-state index in [-0.39, 0.29) is 11.7 Å². The van der Waals surface area contributed by atoms with E-state index >= 15 is 0 Å². The van der Waals surface area contributed by atoms with Gasteiger partial charge in [0.05, 0.1) is 18.2 Å². The third kappa shape index (κ3) is 4.70. The summed E-state index contributed by atoms with van der Waals surface area (Å²) in [5, 5.41) is 5.30. The van der Waals surface area contributed by atoms with Crippen molar-refractivity contribution in [3.8, 4) is 0 Å². The molecule has 0 radical (unpaired) electrons. The van der Waals surface area contributed by atoms with Gasteiger partial charge < -0.3 is 19.9 Å². The topological polar surface area (TPSA) is 57.4 Å². The predicted octanol–water partition coefficient (Wildman–Crippen LogP) is 4.33. The second-order valence-corrected chi connectivity index (χ2v) is 9.24. The summed E-state index contributed by atoms with van der Waals surface area (Å²) in [6.07, 6.45) is 8.44. The van der Waals surface area contributed by atoms with Crippen LogP contribution in [0.1, 0.15) is 61.6 Å². The zero-order valence-corrected chi connectivity index (χ0v) is 18.9. The molecule has 0 bridgehead atoms. The Morgan fingerprint density at radius 1 is 1.17 bits per heavy atom. The molecule has 1 aliphatic heterocycles. The molecule has 1 saturated carbocycles. The minimum absolute atomic E-state index is 0.0149. The van der Waals surface area contributed by atoms with Crippen LogP contribution in [-0.4, -0.2) is 40.3 Å². The first-order valence-electron chi connectivity index (χ1n) is 11.3. The van der Waals surface area contributed by atoms with Gasteiger partial charge >= 0.3 is 0 Å². The van der Waals surface area contributed by atoms with Crippen molar-refractivity contribution in [1.82, 2.24) is 15.2 Å². The third-order valence-corrected chi connectivity index (χ3v) is 7.02. The van der Waals surface area contributed by atoms with Crippen molar-refractivity contribution in [2.24, 2.45) is 0 Å². The SMILES string of the molecule is Cc1ccc(C)c2[nH]c(=O)c(CN(C(=S)NC[C@H]3CCCO3)C3CCCCC3)cc12. The number of fused-ring (bicyclic) bond motifs is 1. The molecule has 1 aromatic carbocycles. The van der Waals surface area contributed by atoms with Gasteiger partial charge in [-0.1, -0.05) is 31.4 Å². The van der Waals surface area contributed by atoms with Gasteiger partial charge in [-0.05, 0) is 68.9 Å². The number of rotatable bonds is 5. The molecule has 2 aromatic rings. The zero-order chi connectivity index (χ0) is 21.1. The highest BCUT2D eigenvalue weighted by Gasteiger charge is 2.25. The van der Waals surface area contributed by atoms with Crippen LogP contribution in [0.15, 0.2) is 23.0 Å². The van der Waals surface area contributed by atoms with Crippen LogP contribution < -0.4 is 10.9 Å². The maximum Gasteiger partial charge on any atom is 0.253 e. The Kier molecular flexibility index (Phi) is 6.74. The number of pyridine rings is 1. The van der Waals surface area contributed by atoms with Crippen molar-refractivity contribution in [1.29, 1.82) is 0 Å². The van der Waals surface area contributed by atoms with E-state index in [0.717, 1.165) is 66.0 Å². The van der Waals surface area contributed by atoms with Crippen molar-refractivity contribution >= 4 is 28.2 Å². The van der Waals surface area contributed by atoms with Crippen LogP contribution in [0.3, 0.4) is 0 Å². The quantitative estimate of drug-likeness (QED) is 0.696. The van der Waals surface area contributed by atoms with Crippen LogP contribution >= 0.6 is 12.2 Å². The lowest BCUT2D eigenvalue weighted by Crippen LogP contribution is -2.48. The predicted molar refractivity (Wildman–Crippen MR) is 126 cm³/mol. The van der Waals surface area contributed by atoms with Gasteiger partial charge in [-0.3, -0.25) is 4.79 Å². The Bertz CT molecular complexity index is 959. The van der Waals surface area contributed by atoms with E-state index in [1.807, 2.05) is 6.92 Å². The molecule has 6 heteroatoms. The molecule has 2 fully saturated rings. The number of aromatic nitrogens is 1. The fraction of sp³-hybridized carbons (Fsp3) is 0.583. The minimum atomic E-state index is -0.0149. The third-order valence-electron chi connectivity index (χ3n) is 6.64. The second kappa shape index (κ2) is 9.48. The largest absolute Gasteiger partial charge is 0.376 e. The van der Waals surface area contributed by atoms with Crippen molar-refractivity contribution in [2.45, 2.75) is 77.5 Å². The molecular weight excluding hydrogens is 394 g/mol. The number of thiocarbonyl (C=S) groups is 1. The average molecular weight is 428 g/mol. The molecule has 2 N–H and O–H groups in total. The van der Waals surface area contributed by atoms with E-state index in [4.69, 9.17) is 17.0 Å². The van der Waals surface area contributed by atoms with Crippen LogP contribution in [0, 0.1) is 13.8 Å². The number of ether oxygens (including phenoxy) is 1. The maximum absolute atomic E-state index is 12.9. The fourth-order valence-corrected chi connectivity index (χ4v) is 5.08. The van der Waals surface area contributed by atoms with Crippen molar-refractivity contribution in [2.75, 3.05) is 13.2 Å². The van der Waals surface area contributed by atoms with Gasteiger partial charge in [0.15, 0.2) is 5.11 Å². The summed E-state index contributed by atoms with van der Waals surface area (Å²) in [7, 11) is 0. The highest BCUT2D eigenvalue weighted by atomic mass is 32.1. The van der Waals surface area contributed by atoms with Gasteiger partial charge in [-0.2, -0.15) is 0 Å². The maximum atomic E-state index is 12.9. The summed E-state index contributed by atoms with van der Waals surface area (Å²) in [6.45, 7) is 6.26. The highest BCUT2D eigenvalue weighted by Crippen LogP contribution is 2.25. The van der Waals surface area contributed by atoms with E-state index in [0.29, 0.717) is 12.6 Å². The van der Waals surface area contributed by atoms with Gasteiger partial charge in [0, 0.05) is 30.1 Å². The van der Waals surface area contributed by atoms with Crippen LogP contribution in [0.4, 0.5) is 0 Å². The Hall–Kier alpha value is -1.92. The summed E-state index contributed by atoms with van der Waals surface area (Å²) >= 11 is 5.82. The Morgan fingerprint density at radius 2 is 1.93 bits per heavy atom. The van der Waals surface area contributed by atoms with E-state index in [9.17, 15) is 4.79 Å². The standard InChI is InChI=1S/C24H33N3O2S/c1-16-10-11-17(2)22-21(16)13-18(23(28)26-22)15-27(19-7-4-3-5-8-19)24(30)25-14-20-9-6-12-29-20/h10-11,13,19-20H,3-9,12,14-15H2,1-2H3,(H,25,30)(H,26,28)/t20-/m1/s1. The summed E-state index contributed by atoms with van der Waals surface area (Å²) in [6, 6.07) is 6.63. The molecule has 1 atom stereocenters. The number of hydrogen-bond donors (Lipinski definition) is 2. The normalized spacial score (nSPS) is 19.9.